The molecule has 6 nitrogen and oxygen atoms in total. The molecule has 1 amide bonds. The third-order valence-electron chi connectivity index (χ3n) is 3.06. The fourth-order valence-corrected chi connectivity index (χ4v) is 1.93. The molecule has 0 unspecified atom stereocenters. The highest BCUT2D eigenvalue weighted by Gasteiger charge is 2.30. The molecule has 0 aliphatic rings. The van der Waals surface area contributed by atoms with Crippen LogP contribution in [0, 0.1) is 0 Å². The van der Waals surface area contributed by atoms with Gasteiger partial charge < -0.3 is 14.3 Å². The number of carbonyl (C=O) groups is 1. The van der Waals surface area contributed by atoms with E-state index >= 15 is 0 Å². The number of nitrogens with one attached hydrogen (secondary N) is 1. The Hall–Kier alpha value is -3.10. The molecule has 0 radical (unpaired) electrons. The van der Waals surface area contributed by atoms with Gasteiger partial charge in [0, 0.05) is 5.56 Å². The molecule has 0 fully saturated rings. The molecular formula is C15H10F3N3O3. The normalized spacial score (nSPS) is 11.5. The highest BCUT2D eigenvalue weighted by Crippen LogP contribution is 2.31. The zero-order chi connectivity index (χ0) is 17.2. The Morgan fingerprint density at radius 2 is 2.04 bits per heavy atom. The topological polar surface area (TPSA) is 81.2 Å². The quantitative estimate of drug-likeness (QED) is 0.790. The van der Waals surface area contributed by atoms with Gasteiger partial charge in [-0.15, -0.1) is 0 Å². The van der Waals surface area contributed by atoms with Gasteiger partial charge in [-0.2, -0.15) is 18.2 Å². The molecule has 0 aliphatic carbocycles. The molecule has 0 spiro atoms. The van der Waals surface area contributed by atoms with E-state index in [-0.39, 0.29) is 29.6 Å². The van der Waals surface area contributed by atoms with Crippen molar-refractivity contribution in [2.45, 2.75) is 12.7 Å². The Balaban J connectivity index is 1.71. The minimum Gasteiger partial charge on any atom is -0.459 e. The number of hydrogen-bond acceptors (Lipinski definition) is 5. The summed E-state index contributed by atoms with van der Waals surface area (Å²) < 4.78 is 48.0. The summed E-state index contributed by atoms with van der Waals surface area (Å²) in [5.74, 6) is -0.294. The van der Waals surface area contributed by atoms with Crippen LogP contribution >= 0.6 is 0 Å². The number of furan rings is 1. The first-order valence-electron chi connectivity index (χ1n) is 6.75. The van der Waals surface area contributed by atoms with E-state index in [1.54, 1.807) is 6.07 Å². The van der Waals surface area contributed by atoms with Crippen LogP contribution in [0.5, 0.6) is 0 Å². The number of rotatable bonds is 4. The first kappa shape index (κ1) is 15.8. The summed E-state index contributed by atoms with van der Waals surface area (Å²) in [7, 11) is 0. The van der Waals surface area contributed by atoms with Crippen molar-refractivity contribution < 1.29 is 26.9 Å². The number of carbonyl (C=O) groups excluding carboxylic acids is 1. The van der Waals surface area contributed by atoms with Crippen molar-refractivity contribution >= 4 is 5.91 Å². The predicted molar refractivity (Wildman–Crippen MR) is 74.6 cm³/mol. The van der Waals surface area contributed by atoms with Gasteiger partial charge in [-0.3, -0.25) is 4.79 Å². The zero-order valence-corrected chi connectivity index (χ0v) is 12.0. The SMILES string of the molecule is O=C(NCc1nc(-c2cccc(C(F)(F)F)c2)no1)c1ccco1. The average molecular weight is 337 g/mol. The lowest BCUT2D eigenvalue weighted by atomic mass is 10.1. The molecule has 2 aromatic heterocycles. The van der Waals surface area contributed by atoms with E-state index in [1.807, 2.05) is 0 Å². The average Bonchev–Trinajstić information content (AvgIpc) is 3.23. The Morgan fingerprint density at radius 3 is 2.75 bits per heavy atom. The number of amides is 1. The highest BCUT2D eigenvalue weighted by atomic mass is 19.4. The fraction of sp³-hybridized carbons (Fsp3) is 0.133. The number of benzene rings is 1. The number of alkyl halides is 3. The number of aromatic nitrogens is 2. The van der Waals surface area contributed by atoms with Crippen LogP contribution in [0.4, 0.5) is 13.2 Å². The molecule has 0 atom stereocenters. The van der Waals surface area contributed by atoms with Gasteiger partial charge in [0.15, 0.2) is 5.76 Å². The van der Waals surface area contributed by atoms with E-state index in [0.29, 0.717) is 0 Å². The van der Waals surface area contributed by atoms with Gasteiger partial charge in [0.1, 0.15) is 0 Å². The molecule has 3 aromatic rings. The molecule has 2 heterocycles. The summed E-state index contributed by atoms with van der Waals surface area (Å²) in [6, 6.07) is 7.62. The van der Waals surface area contributed by atoms with Crippen molar-refractivity contribution in [3.8, 4) is 11.4 Å². The van der Waals surface area contributed by atoms with Crippen molar-refractivity contribution in [1.29, 1.82) is 0 Å². The van der Waals surface area contributed by atoms with E-state index in [0.717, 1.165) is 12.1 Å². The van der Waals surface area contributed by atoms with Crippen molar-refractivity contribution in [3.05, 3.63) is 59.9 Å². The molecule has 0 aliphatic heterocycles. The Labute approximate surface area is 133 Å². The molecule has 0 bridgehead atoms. The Kier molecular flexibility index (Phi) is 4.07. The van der Waals surface area contributed by atoms with Gasteiger partial charge in [-0.25, -0.2) is 0 Å². The fourth-order valence-electron chi connectivity index (χ4n) is 1.93. The number of hydrogen-bond donors (Lipinski definition) is 1. The van der Waals surface area contributed by atoms with E-state index in [9.17, 15) is 18.0 Å². The smallest absolute Gasteiger partial charge is 0.416 e. The molecule has 124 valence electrons. The maximum absolute atomic E-state index is 12.7. The van der Waals surface area contributed by atoms with Crippen LogP contribution in [-0.2, 0) is 12.7 Å². The first-order valence-corrected chi connectivity index (χ1v) is 6.75. The predicted octanol–water partition coefficient (Wildman–Crippen LogP) is 3.28. The van der Waals surface area contributed by atoms with Crippen LogP contribution in [0.15, 0.2) is 51.6 Å². The van der Waals surface area contributed by atoms with Crippen molar-refractivity contribution in [3.63, 3.8) is 0 Å². The van der Waals surface area contributed by atoms with Gasteiger partial charge >= 0.3 is 6.18 Å². The maximum Gasteiger partial charge on any atom is 0.416 e. The largest absolute Gasteiger partial charge is 0.459 e. The summed E-state index contributed by atoms with van der Waals surface area (Å²) in [5.41, 5.74) is -0.644. The van der Waals surface area contributed by atoms with Gasteiger partial charge in [0.05, 0.1) is 18.4 Å². The van der Waals surface area contributed by atoms with Crippen LogP contribution in [0.3, 0.4) is 0 Å². The van der Waals surface area contributed by atoms with Gasteiger partial charge in [0.2, 0.25) is 11.7 Å². The molecule has 0 saturated heterocycles. The van der Waals surface area contributed by atoms with Crippen molar-refractivity contribution in [1.82, 2.24) is 15.5 Å². The third-order valence-corrected chi connectivity index (χ3v) is 3.06. The lowest BCUT2D eigenvalue weighted by Gasteiger charge is -2.06. The molecular weight excluding hydrogens is 327 g/mol. The molecule has 1 aromatic carbocycles. The van der Waals surface area contributed by atoms with E-state index in [4.69, 9.17) is 8.94 Å². The molecule has 3 rings (SSSR count). The minimum atomic E-state index is -4.46. The molecule has 1 N–H and O–H groups in total. The summed E-state index contributed by atoms with van der Waals surface area (Å²) >= 11 is 0. The zero-order valence-electron chi connectivity index (χ0n) is 12.0. The van der Waals surface area contributed by atoms with E-state index in [2.05, 4.69) is 15.5 Å². The highest BCUT2D eigenvalue weighted by molar-refractivity contribution is 5.91. The van der Waals surface area contributed by atoms with Crippen LogP contribution in [0.1, 0.15) is 22.0 Å². The lowest BCUT2D eigenvalue weighted by molar-refractivity contribution is -0.137. The Morgan fingerprint density at radius 1 is 1.21 bits per heavy atom. The van der Waals surface area contributed by atoms with Crippen LogP contribution in [0.2, 0.25) is 0 Å². The summed E-state index contributed by atoms with van der Waals surface area (Å²) in [4.78, 5) is 15.7. The monoisotopic (exact) mass is 337 g/mol. The van der Waals surface area contributed by atoms with Crippen molar-refractivity contribution in [2.75, 3.05) is 0 Å². The second kappa shape index (κ2) is 6.19. The van der Waals surface area contributed by atoms with Crippen LogP contribution in [0.25, 0.3) is 11.4 Å². The number of halogens is 3. The summed E-state index contributed by atoms with van der Waals surface area (Å²) in [5, 5.41) is 6.11. The van der Waals surface area contributed by atoms with Crippen LogP contribution < -0.4 is 5.32 Å². The molecule has 9 heteroatoms. The Bertz CT molecular complexity index is 841. The molecule has 0 saturated carbocycles. The van der Waals surface area contributed by atoms with E-state index < -0.39 is 17.6 Å². The maximum atomic E-state index is 12.7. The lowest BCUT2D eigenvalue weighted by Crippen LogP contribution is -2.22. The number of nitrogens with zero attached hydrogens (tertiary/aromatic N) is 2. The minimum absolute atomic E-state index is 0.00310. The van der Waals surface area contributed by atoms with Gasteiger partial charge in [-0.1, -0.05) is 17.3 Å². The van der Waals surface area contributed by atoms with E-state index in [1.165, 1.54) is 24.5 Å². The standard InChI is InChI=1S/C15H10F3N3O3/c16-15(17,18)10-4-1-3-9(7-10)13-20-12(24-21-13)8-19-14(22)11-5-2-6-23-11/h1-7H,8H2,(H,19,22). The van der Waals surface area contributed by atoms with Gasteiger partial charge in [-0.05, 0) is 24.3 Å². The van der Waals surface area contributed by atoms with Crippen LogP contribution in [-0.4, -0.2) is 16.0 Å². The van der Waals surface area contributed by atoms with Crippen molar-refractivity contribution in [2.24, 2.45) is 0 Å². The second-order valence-electron chi connectivity index (χ2n) is 4.75. The molecule has 24 heavy (non-hydrogen) atoms. The third kappa shape index (κ3) is 3.45. The van der Waals surface area contributed by atoms with Gasteiger partial charge in [0.25, 0.3) is 5.91 Å². The summed E-state index contributed by atoms with van der Waals surface area (Å²) in [6.45, 7) is -0.0779. The first-order chi connectivity index (χ1) is 11.4. The summed E-state index contributed by atoms with van der Waals surface area (Å²) in [6.07, 6.45) is -3.10. The second-order valence-corrected chi connectivity index (χ2v) is 4.75.